The number of amides is 2. The van der Waals surface area contributed by atoms with Crippen molar-refractivity contribution < 1.29 is 14.7 Å². The Labute approximate surface area is 213 Å². The van der Waals surface area contributed by atoms with Crippen LogP contribution >= 0.6 is 0 Å². The lowest BCUT2D eigenvalue weighted by atomic mass is 9.84. The number of carbonyl (C=O) groups excluding carboxylic acids is 2. The summed E-state index contributed by atoms with van der Waals surface area (Å²) in [6, 6.07) is 4.82. The van der Waals surface area contributed by atoms with Crippen LogP contribution in [0.5, 0.6) is 0 Å². The van der Waals surface area contributed by atoms with E-state index in [-0.39, 0.29) is 30.5 Å². The first-order chi connectivity index (χ1) is 17.5. The van der Waals surface area contributed by atoms with Crippen molar-refractivity contribution >= 4 is 22.8 Å². The monoisotopic (exact) mass is 492 g/mol. The van der Waals surface area contributed by atoms with Gasteiger partial charge in [-0.25, -0.2) is 4.98 Å². The van der Waals surface area contributed by atoms with Gasteiger partial charge in [-0.1, -0.05) is 38.2 Å². The second-order valence-electron chi connectivity index (χ2n) is 11.8. The molecule has 4 fully saturated rings. The Morgan fingerprint density at radius 2 is 1.75 bits per heavy atom. The lowest BCUT2D eigenvalue weighted by molar-refractivity contribution is -0.138. The molecule has 1 saturated heterocycles. The molecular formula is C29H40N4O3. The van der Waals surface area contributed by atoms with Gasteiger partial charge in [0.15, 0.2) is 5.82 Å². The minimum Gasteiger partial charge on any atom is -0.393 e. The highest BCUT2D eigenvalue weighted by Crippen LogP contribution is 2.42. The maximum absolute atomic E-state index is 13.6. The number of hydrogen-bond donors (Lipinski definition) is 1. The van der Waals surface area contributed by atoms with Crippen LogP contribution in [0.15, 0.2) is 12.1 Å². The van der Waals surface area contributed by atoms with Crippen molar-refractivity contribution in [3.63, 3.8) is 0 Å². The quantitative estimate of drug-likeness (QED) is 0.680. The van der Waals surface area contributed by atoms with Crippen LogP contribution < -0.4 is 0 Å². The summed E-state index contributed by atoms with van der Waals surface area (Å²) in [5, 5.41) is 9.81. The molecule has 2 amide bonds. The number of nitrogens with zero attached hydrogens (tertiary/aromatic N) is 4. The number of rotatable bonds is 5. The van der Waals surface area contributed by atoms with E-state index in [9.17, 15) is 14.7 Å². The molecule has 7 heteroatoms. The van der Waals surface area contributed by atoms with Crippen LogP contribution in [0.1, 0.15) is 98.3 Å². The number of aliphatic hydroxyl groups is 1. The molecule has 2 heterocycles. The van der Waals surface area contributed by atoms with Crippen LogP contribution in [0, 0.1) is 5.92 Å². The Hall–Kier alpha value is -2.41. The second-order valence-corrected chi connectivity index (χ2v) is 11.8. The predicted octanol–water partition coefficient (Wildman–Crippen LogP) is 4.16. The van der Waals surface area contributed by atoms with Gasteiger partial charge in [-0.05, 0) is 74.0 Å². The van der Waals surface area contributed by atoms with E-state index in [4.69, 9.17) is 4.98 Å². The van der Waals surface area contributed by atoms with Crippen LogP contribution in [0.4, 0.5) is 0 Å². The Bertz CT molecular complexity index is 1140. The highest BCUT2D eigenvalue weighted by atomic mass is 16.3. The molecule has 0 spiro atoms. The van der Waals surface area contributed by atoms with E-state index in [2.05, 4.69) is 12.1 Å². The molecule has 194 valence electrons. The minimum absolute atomic E-state index is 0.0174. The largest absolute Gasteiger partial charge is 0.393 e. The number of imidazole rings is 1. The Morgan fingerprint density at radius 3 is 2.44 bits per heavy atom. The van der Waals surface area contributed by atoms with Gasteiger partial charge < -0.3 is 19.5 Å². The summed E-state index contributed by atoms with van der Waals surface area (Å²) in [5.41, 5.74) is 4.73. The number of carbonyl (C=O) groups is 2. The minimum atomic E-state index is -0.236. The van der Waals surface area contributed by atoms with Crippen LogP contribution in [-0.2, 0) is 18.3 Å². The smallest absolute Gasteiger partial charge is 0.290 e. The van der Waals surface area contributed by atoms with Gasteiger partial charge in [0.2, 0.25) is 5.91 Å². The lowest BCUT2D eigenvalue weighted by Gasteiger charge is -2.41. The molecule has 0 atom stereocenters. The fourth-order valence-corrected chi connectivity index (χ4v) is 6.84. The second kappa shape index (κ2) is 9.81. The number of aryl methyl sites for hydroxylation is 1. The van der Waals surface area contributed by atoms with Gasteiger partial charge in [0.1, 0.15) is 6.54 Å². The zero-order valence-corrected chi connectivity index (χ0v) is 21.6. The van der Waals surface area contributed by atoms with Crippen molar-refractivity contribution in [1.29, 1.82) is 0 Å². The van der Waals surface area contributed by atoms with E-state index in [0.29, 0.717) is 30.7 Å². The third kappa shape index (κ3) is 4.67. The Balaban J connectivity index is 1.23. The summed E-state index contributed by atoms with van der Waals surface area (Å²) in [6.07, 6.45) is 13.1. The number of aromatic nitrogens is 2. The summed E-state index contributed by atoms with van der Waals surface area (Å²) in [6.45, 7) is 1.21. The van der Waals surface area contributed by atoms with Crippen molar-refractivity contribution in [2.24, 2.45) is 13.0 Å². The van der Waals surface area contributed by atoms with E-state index >= 15 is 0 Å². The molecule has 1 aromatic heterocycles. The normalized spacial score (nSPS) is 26.1. The zero-order valence-electron chi connectivity index (χ0n) is 21.6. The first-order valence-electron chi connectivity index (χ1n) is 14.2. The predicted molar refractivity (Wildman–Crippen MR) is 139 cm³/mol. The van der Waals surface area contributed by atoms with Gasteiger partial charge >= 0.3 is 0 Å². The maximum Gasteiger partial charge on any atom is 0.290 e. The van der Waals surface area contributed by atoms with E-state index in [1.165, 1.54) is 56.1 Å². The van der Waals surface area contributed by atoms with Gasteiger partial charge in [-0.3, -0.25) is 9.59 Å². The number of hydrogen-bond acceptors (Lipinski definition) is 4. The first kappa shape index (κ1) is 24.0. The molecule has 1 aliphatic heterocycles. The molecular weight excluding hydrogens is 452 g/mol. The topological polar surface area (TPSA) is 78.7 Å². The van der Waals surface area contributed by atoms with Crippen molar-refractivity contribution in [3.05, 3.63) is 29.1 Å². The molecule has 7 nitrogen and oxygen atoms in total. The highest BCUT2D eigenvalue weighted by molar-refractivity contribution is 5.98. The number of aliphatic hydroxyl groups excluding tert-OH is 1. The lowest BCUT2D eigenvalue weighted by Crippen LogP contribution is -2.56. The molecule has 1 aromatic carbocycles. The number of fused-ring (bicyclic) bond motifs is 1. The third-order valence-corrected chi connectivity index (χ3v) is 9.21. The van der Waals surface area contributed by atoms with Crippen LogP contribution in [-0.4, -0.2) is 68.1 Å². The fraction of sp³-hybridized carbons (Fsp3) is 0.690. The fourth-order valence-electron chi connectivity index (χ4n) is 6.84. The van der Waals surface area contributed by atoms with Crippen LogP contribution in [0.25, 0.3) is 11.0 Å². The standard InChI is InChI=1S/C29H40N4O3/c1-31-25-17-21(20-7-8-20)16-22(15-19-5-3-2-4-6-19)27(25)30-28(31)29(36)32-13-14-33(26(35)18-32)23-9-11-24(34)12-10-23/h16-17,19-20,23-24,34H,2-15,18H2,1H3/t23-,24-. The maximum atomic E-state index is 13.6. The average Bonchev–Trinajstić information content (AvgIpc) is 3.69. The molecule has 4 aliphatic rings. The summed E-state index contributed by atoms with van der Waals surface area (Å²) in [7, 11) is 1.95. The van der Waals surface area contributed by atoms with Crippen molar-refractivity contribution in [3.8, 4) is 0 Å². The number of piperazine rings is 1. The summed E-state index contributed by atoms with van der Waals surface area (Å²) in [4.78, 5) is 35.2. The van der Waals surface area contributed by atoms with Gasteiger partial charge in [-0.15, -0.1) is 0 Å². The molecule has 3 saturated carbocycles. The molecule has 1 N–H and O–H groups in total. The molecule has 2 aromatic rings. The number of benzene rings is 1. The van der Waals surface area contributed by atoms with Crippen LogP contribution in [0.3, 0.4) is 0 Å². The Morgan fingerprint density at radius 1 is 1.00 bits per heavy atom. The van der Waals surface area contributed by atoms with Crippen LogP contribution in [0.2, 0.25) is 0 Å². The molecule has 36 heavy (non-hydrogen) atoms. The Kier molecular flexibility index (Phi) is 6.53. The summed E-state index contributed by atoms with van der Waals surface area (Å²) < 4.78 is 1.97. The molecule has 3 aliphatic carbocycles. The van der Waals surface area contributed by atoms with E-state index in [1.807, 2.05) is 16.5 Å². The molecule has 6 rings (SSSR count). The molecule has 0 bridgehead atoms. The van der Waals surface area contributed by atoms with Gasteiger partial charge in [-0.2, -0.15) is 0 Å². The van der Waals surface area contributed by atoms with Gasteiger partial charge in [0.05, 0.1) is 17.1 Å². The van der Waals surface area contributed by atoms with Crippen molar-refractivity contribution in [1.82, 2.24) is 19.4 Å². The SMILES string of the molecule is Cn1c(C(=O)N2CCN([C@H]3CC[C@H](O)CC3)C(=O)C2)nc2c(CC3CCCCC3)cc(C3CC3)cc21. The van der Waals surface area contributed by atoms with E-state index < -0.39 is 0 Å². The summed E-state index contributed by atoms with van der Waals surface area (Å²) in [5.74, 6) is 1.69. The molecule has 0 radical (unpaired) electrons. The van der Waals surface area contributed by atoms with Gasteiger partial charge in [0, 0.05) is 26.2 Å². The van der Waals surface area contributed by atoms with Crippen molar-refractivity contribution in [2.45, 2.75) is 95.1 Å². The van der Waals surface area contributed by atoms with Crippen molar-refractivity contribution in [2.75, 3.05) is 19.6 Å². The van der Waals surface area contributed by atoms with E-state index in [1.54, 1.807) is 4.90 Å². The summed E-state index contributed by atoms with van der Waals surface area (Å²) >= 11 is 0. The highest BCUT2D eigenvalue weighted by Gasteiger charge is 2.35. The third-order valence-electron chi connectivity index (χ3n) is 9.21. The average molecular weight is 493 g/mol. The zero-order chi connectivity index (χ0) is 24.8. The van der Waals surface area contributed by atoms with E-state index in [0.717, 1.165) is 43.1 Å². The molecule has 0 unspecified atom stereocenters. The van der Waals surface area contributed by atoms with Gasteiger partial charge in [0.25, 0.3) is 5.91 Å². The first-order valence-corrected chi connectivity index (χ1v) is 14.2.